The molecule has 0 aliphatic heterocycles. The van der Waals surface area contributed by atoms with Gasteiger partial charge in [0.25, 0.3) is 0 Å². The van der Waals surface area contributed by atoms with Crippen LogP contribution < -0.4 is 9.47 Å². The number of carboxylic acids is 1. The molecule has 0 saturated carbocycles. The van der Waals surface area contributed by atoms with Crippen LogP contribution in [0, 0.1) is 0 Å². The Morgan fingerprint density at radius 1 is 1.11 bits per heavy atom. The summed E-state index contributed by atoms with van der Waals surface area (Å²) in [6, 6.07) is 12.9. The maximum absolute atomic E-state index is 11.1. The van der Waals surface area contributed by atoms with Gasteiger partial charge in [-0.1, -0.05) is 12.1 Å². The molecule has 27 heavy (non-hydrogen) atoms. The Bertz CT molecular complexity index is 873. The monoisotopic (exact) mass is 367 g/mol. The van der Waals surface area contributed by atoms with Crippen LogP contribution in [0.25, 0.3) is 11.4 Å². The molecule has 0 bridgehead atoms. The van der Waals surface area contributed by atoms with Gasteiger partial charge in [-0.15, -0.1) is 0 Å². The normalized spacial score (nSPS) is 11.2. The molecule has 0 aliphatic carbocycles. The van der Waals surface area contributed by atoms with E-state index in [0.29, 0.717) is 24.5 Å². The van der Waals surface area contributed by atoms with Gasteiger partial charge in [0.05, 0.1) is 24.2 Å². The smallest absolute Gasteiger partial charge is 0.347 e. The lowest BCUT2D eigenvalue weighted by Gasteiger charge is -2.21. The fourth-order valence-electron chi connectivity index (χ4n) is 2.37. The van der Waals surface area contributed by atoms with Crippen LogP contribution >= 0.6 is 0 Å². The Kier molecular flexibility index (Phi) is 5.40. The van der Waals surface area contributed by atoms with Crippen molar-refractivity contribution in [2.24, 2.45) is 0 Å². The number of benzene rings is 1. The summed E-state index contributed by atoms with van der Waals surface area (Å²) in [6.45, 7) is 3.54. The molecule has 0 amide bonds. The van der Waals surface area contributed by atoms with Crippen LogP contribution in [0.3, 0.4) is 0 Å². The SMILES string of the molecule is CC(C)(Oc1ccc(CCOc2ccc(-c3ccn[nH]3)nc2)cc1)C(=O)O. The van der Waals surface area contributed by atoms with Crippen LogP contribution in [0.2, 0.25) is 0 Å². The van der Waals surface area contributed by atoms with Crippen molar-refractivity contribution in [3.05, 3.63) is 60.4 Å². The van der Waals surface area contributed by atoms with Crippen molar-refractivity contribution in [3.8, 4) is 22.9 Å². The molecular formula is C20H21N3O4. The molecule has 0 atom stereocenters. The van der Waals surface area contributed by atoms with Crippen molar-refractivity contribution in [2.75, 3.05) is 6.61 Å². The average Bonchev–Trinajstić information content (AvgIpc) is 3.18. The van der Waals surface area contributed by atoms with E-state index in [1.54, 1.807) is 24.5 Å². The minimum Gasteiger partial charge on any atom is -0.492 e. The summed E-state index contributed by atoms with van der Waals surface area (Å²) in [4.78, 5) is 15.5. The van der Waals surface area contributed by atoms with E-state index in [0.717, 1.165) is 17.0 Å². The van der Waals surface area contributed by atoms with Crippen molar-refractivity contribution in [3.63, 3.8) is 0 Å². The summed E-state index contributed by atoms with van der Waals surface area (Å²) in [5, 5.41) is 15.9. The van der Waals surface area contributed by atoms with E-state index < -0.39 is 11.6 Å². The maximum atomic E-state index is 11.1. The van der Waals surface area contributed by atoms with Gasteiger partial charge < -0.3 is 14.6 Å². The number of rotatable bonds is 8. The molecule has 3 rings (SSSR count). The van der Waals surface area contributed by atoms with Gasteiger partial charge in [-0.2, -0.15) is 5.10 Å². The number of aromatic nitrogens is 3. The lowest BCUT2D eigenvalue weighted by Crippen LogP contribution is -2.37. The molecule has 2 aromatic heterocycles. The van der Waals surface area contributed by atoms with Crippen molar-refractivity contribution in [2.45, 2.75) is 25.9 Å². The Morgan fingerprint density at radius 3 is 2.44 bits per heavy atom. The van der Waals surface area contributed by atoms with Gasteiger partial charge in [-0.25, -0.2) is 4.79 Å². The molecule has 140 valence electrons. The Hall–Kier alpha value is -3.35. The van der Waals surface area contributed by atoms with Gasteiger partial charge in [0.1, 0.15) is 11.5 Å². The van der Waals surface area contributed by atoms with Crippen LogP contribution in [0.1, 0.15) is 19.4 Å². The number of nitrogens with zero attached hydrogens (tertiary/aromatic N) is 2. The Labute approximate surface area is 157 Å². The number of carbonyl (C=O) groups is 1. The molecule has 0 saturated heterocycles. The van der Waals surface area contributed by atoms with E-state index in [1.165, 1.54) is 13.8 Å². The first-order valence-electron chi connectivity index (χ1n) is 8.54. The molecule has 7 nitrogen and oxygen atoms in total. The molecule has 0 radical (unpaired) electrons. The zero-order valence-electron chi connectivity index (χ0n) is 15.2. The van der Waals surface area contributed by atoms with E-state index >= 15 is 0 Å². The average molecular weight is 367 g/mol. The number of nitrogens with one attached hydrogen (secondary N) is 1. The summed E-state index contributed by atoms with van der Waals surface area (Å²) >= 11 is 0. The minimum absolute atomic E-state index is 0.506. The minimum atomic E-state index is -1.26. The first-order chi connectivity index (χ1) is 12.9. The van der Waals surface area contributed by atoms with E-state index in [9.17, 15) is 4.79 Å². The predicted molar refractivity (Wildman–Crippen MR) is 99.8 cm³/mol. The van der Waals surface area contributed by atoms with Gasteiger partial charge in [0.2, 0.25) is 0 Å². The highest BCUT2D eigenvalue weighted by Crippen LogP contribution is 2.20. The molecule has 0 aliphatic rings. The maximum Gasteiger partial charge on any atom is 0.347 e. The fraction of sp³-hybridized carbons (Fsp3) is 0.250. The molecule has 2 N–H and O–H groups in total. The number of H-pyrrole nitrogens is 1. The second-order valence-corrected chi connectivity index (χ2v) is 6.51. The molecule has 2 heterocycles. The zero-order valence-corrected chi connectivity index (χ0v) is 15.2. The van der Waals surface area contributed by atoms with Gasteiger partial charge in [0.15, 0.2) is 5.60 Å². The van der Waals surface area contributed by atoms with Crippen LogP contribution in [0.5, 0.6) is 11.5 Å². The standard InChI is InChI=1S/C20H21N3O4/c1-20(2,19(24)25)27-15-5-3-14(4-6-15)10-12-26-16-7-8-17(21-13-16)18-9-11-22-23-18/h3-9,11,13H,10,12H2,1-2H3,(H,22,23)(H,24,25). The van der Waals surface area contributed by atoms with E-state index in [2.05, 4.69) is 15.2 Å². The van der Waals surface area contributed by atoms with Gasteiger partial charge >= 0.3 is 5.97 Å². The second-order valence-electron chi connectivity index (χ2n) is 6.51. The largest absolute Gasteiger partial charge is 0.492 e. The third-order valence-corrected chi connectivity index (χ3v) is 3.98. The van der Waals surface area contributed by atoms with Crippen molar-refractivity contribution >= 4 is 5.97 Å². The molecule has 0 fully saturated rings. The van der Waals surface area contributed by atoms with Crippen molar-refractivity contribution < 1.29 is 19.4 Å². The molecule has 3 aromatic rings. The van der Waals surface area contributed by atoms with E-state index in [1.807, 2.05) is 30.3 Å². The Balaban J connectivity index is 1.50. The first-order valence-corrected chi connectivity index (χ1v) is 8.54. The lowest BCUT2D eigenvalue weighted by molar-refractivity contribution is -0.152. The first kappa shape index (κ1) is 18.4. The quantitative estimate of drug-likeness (QED) is 0.634. The zero-order chi connectivity index (χ0) is 19.3. The van der Waals surface area contributed by atoms with Gasteiger partial charge in [-0.3, -0.25) is 10.1 Å². The summed E-state index contributed by atoms with van der Waals surface area (Å²) in [5.74, 6) is 0.208. The molecular weight excluding hydrogens is 346 g/mol. The van der Waals surface area contributed by atoms with Gasteiger partial charge in [0, 0.05) is 12.6 Å². The number of pyridine rings is 1. The van der Waals surface area contributed by atoms with E-state index in [-0.39, 0.29) is 0 Å². The second kappa shape index (κ2) is 7.90. The summed E-state index contributed by atoms with van der Waals surface area (Å²) in [6.07, 6.45) is 4.08. The fourth-order valence-corrected chi connectivity index (χ4v) is 2.37. The summed E-state index contributed by atoms with van der Waals surface area (Å²) in [7, 11) is 0. The topological polar surface area (TPSA) is 97.3 Å². The highest BCUT2D eigenvalue weighted by molar-refractivity contribution is 5.76. The number of aliphatic carboxylic acids is 1. The number of ether oxygens (including phenoxy) is 2. The Morgan fingerprint density at radius 2 is 1.85 bits per heavy atom. The number of aromatic amines is 1. The van der Waals surface area contributed by atoms with Crippen LogP contribution in [-0.4, -0.2) is 38.5 Å². The van der Waals surface area contributed by atoms with Crippen LogP contribution in [-0.2, 0) is 11.2 Å². The highest BCUT2D eigenvalue weighted by atomic mass is 16.5. The number of hydrogen-bond acceptors (Lipinski definition) is 5. The summed E-state index contributed by atoms with van der Waals surface area (Å²) < 4.78 is 11.2. The predicted octanol–water partition coefficient (Wildman–Crippen LogP) is 3.34. The van der Waals surface area contributed by atoms with E-state index in [4.69, 9.17) is 14.6 Å². The molecule has 0 spiro atoms. The lowest BCUT2D eigenvalue weighted by atomic mass is 10.1. The van der Waals surface area contributed by atoms with Gasteiger partial charge in [-0.05, 0) is 49.7 Å². The molecule has 7 heteroatoms. The third-order valence-electron chi connectivity index (χ3n) is 3.98. The number of hydrogen-bond donors (Lipinski definition) is 2. The summed E-state index contributed by atoms with van der Waals surface area (Å²) in [5.41, 5.74) is 1.46. The molecule has 1 aromatic carbocycles. The van der Waals surface area contributed by atoms with Crippen molar-refractivity contribution in [1.29, 1.82) is 0 Å². The van der Waals surface area contributed by atoms with Crippen molar-refractivity contribution in [1.82, 2.24) is 15.2 Å². The molecule has 0 unspecified atom stereocenters. The van der Waals surface area contributed by atoms with Crippen LogP contribution in [0.15, 0.2) is 54.9 Å². The highest BCUT2D eigenvalue weighted by Gasteiger charge is 2.29. The number of carboxylic acid groups (broad SMARTS) is 1. The van der Waals surface area contributed by atoms with Crippen LogP contribution in [0.4, 0.5) is 0 Å². The third kappa shape index (κ3) is 4.84.